The summed E-state index contributed by atoms with van der Waals surface area (Å²) in [6.07, 6.45) is 0.377. The number of nitrogens with zero attached hydrogens (tertiary/aromatic N) is 3. The second-order valence-electron chi connectivity index (χ2n) is 9.23. The topological polar surface area (TPSA) is 65.8 Å². The highest BCUT2D eigenvalue weighted by molar-refractivity contribution is 5.98. The maximum absolute atomic E-state index is 13.2. The summed E-state index contributed by atoms with van der Waals surface area (Å²) in [6, 6.07) is 19.8. The van der Waals surface area contributed by atoms with E-state index in [1.54, 1.807) is 19.1 Å². The van der Waals surface area contributed by atoms with Crippen LogP contribution in [-0.2, 0) is 11.3 Å². The van der Waals surface area contributed by atoms with Crippen molar-refractivity contribution < 1.29 is 19.0 Å². The molecule has 1 fully saturated rings. The first-order chi connectivity index (χ1) is 17.5. The number of benzene rings is 3. The minimum atomic E-state index is -0.0537. The predicted octanol–water partition coefficient (Wildman–Crippen LogP) is 5.27. The van der Waals surface area contributed by atoms with E-state index >= 15 is 0 Å². The molecular formula is C29H31N3O4. The van der Waals surface area contributed by atoms with Crippen LogP contribution in [0, 0.1) is 13.8 Å². The third-order valence-electron chi connectivity index (χ3n) is 6.63. The summed E-state index contributed by atoms with van der Waals surface area (Å²) in [5, 5.41) is 0. The average molecular weight is 486 g/mol. The Morgan fingerprint density at radius 1 is 0.944 bits per heavy atom. The molecule has 2 heterocycles. The Morgan fingerprint density at radius 3 is 2.47 bits per heavy atom. The highest BCUT2D eigenvalue weighted by Crippen LogP contribution is 2.39. The summed E-state index contributed by atoms with van der Waals surface area (Å²) in [5.74, 6) is 3.07. The first kappa shape index (κ1) is 23.7. The zero-order chi connectivity index (χ0) is 25.2. The molecule has 0 saturated carbocycles. The maximum Gasteiger partial charge on any atom is 0.227 e. The van der Waals surface area contributed by atoms with Gasteiger partial charge in [-0.05, 0) is 61.4 Å². The van der Waals surface area contributed by atoms with Crippen LogP contribution in [0.2, 0.25) is 0 Å². The SMILES string of the molecule is COc1ccc(OC)c(N2CC(c3nc4ccccc4n3CCOc3cc(C)cc(C)c3)CC2=O)c1. The van der Waals surface area contributed by atoms with Crippen molar-refractivity contribution in [2.45, 2.75) is 32.7 Å². The maximum atomic E-state index is 13.2. The van der Waals surface area contributed by atoms with E-state index in [1.165, 1.54) is 11.1 Å². The lowest BCUT2D eigenvalue weighted by Gasteiger charge is -2.20. The van der Waals surface area contributed by atoms with Crippen LogP contribution in [0.25, 0.3) is 11.0 Å². The number of para-hydroxylation sites is 2. The van der Waals surface area contributed by atoms with Crippen LogP contribution in [-0.4, -0.2) is 42.8 Å². The van der Waals surface area contributed by atoms with Gasteiger partial charge in [-0.1, -0.05) is 18.2 Å². The number of fused-ring (bicyclic) bond motifs is 1. The van der Waals surface area contributed by atoms with Crippen LogP contribution in [0.15, 0.2) is 60.7 Å². The van der Waals surface area contributed by atoms with Crippen molar-refractivity contribution in [2.24, 2.45) is 0 Å². The molecule has 0 spiro atoms. The van der Waals surface area contributed by atoms with Crippen molar-refractivity contribution in [3.63, 3.8) is 0 Å². The molecule has 4 aromatic rings. The standard InChI is InChI=1S/C29H31N3O4/c1-19-13-20(2)15-23(14-19)36-12-11-31-25-8-6-5-7-24(25)30-29(31)21-16-28(33)32(18-21)26-17-22(34-3)9-10-27(26)35-4/h5-10,13-15,17,21H,11-12,16,18H2,1-4H3. The number of anilines is 1. The highest BCUT2D eigenvalue weighted by Gasteiger charge is 2.36. The molecule has 0 bridgehead atoms. The Balaban J connectivity index is 1.42. The number of amides is 1. The van der Waals surface area contributed by atoms with E-state index in [0.29, 0.717) is 43.3 Å². The van der Waals surface area contributed by atoms with Gasteiger partial charge in [-0.2, -0.15) is 0 Å². The Kier molecular flexibility index (Phi) is 6.55. The van der Waals surface area contributed by atoms with Crippen LogP contribution in [0.4, 0.5) is 5.69 Å². The van der Waals surface area contributed by atoms with E-state index < -0.39 is 0 Å². The summed E-state index contributed by atoms with van der Waals surface area (Å²) in [6.45, 7) is 5.80. The summed E-state index contributed by atoms with van der Waals surface area (Å²) < 4.78 is 19.2. The van der Waals surface area contributed by atoms with Crippen LogP contribution in [0.5, 0.6) is 17.2 Å². The van der Waals surface area contributed by atoms with E-state index in [9.17, 15) is 4.79 Å². The quantitative estimate of drug-likeness (QED) is 0.340. The minimum Gasteiger partial charge on any atom is -0.497 e. The highest BCUT2D eigenvalue weighted by atomic mass is 16.5. The Bertz CT molecular complexity index is 1390. The third kappa shape index (κ3) is 4.61. The van der Waals surface area contributed by atoms with Crippen LogP contribution in [0.1, 0.15) is 29.3 Å². The van der Waals surface area contributed by atoms with Crippen molar-refractivity contribution in [2.75, 3.05) is 32.3 Å². The Hall–Kier alpha value is -4.00. The first-order valence-corrected chi connectivity index (χ1v) is 12.2. The van der Waals surface area contributed by atoms with Gasteiger partial charge in [0.2, 0.25) is 5.91 Å². The van der Waals surface area contributed by atoms with Crippen LogP contribution < -0.4 is 19.1 Å². The van der Waals surface area contributed by atoms with E-state index in [0.717, 1.165) is 22.6 Å². The number of rotatable bonds is 8. The van der Waals surface area contributed by atoms with Gasteiger partial charge >= 0.3 is 0 Å². The van der Waals surface area contributed by atoms with E-state index in [2.05, 4.69) is 42.7 Å². The first-order valence-electron chi connectivity index (χ1n) is 12.2. The van der Waals surface area contributed by atoms with Gasteiger partial charge in [-0.3, -0.25) is 4.79 Å². The predicted molar refractivity (Wildman–Crippen MR) is 140 cm³/mol. The molecule has 1 amide bonds. The largest absolute Gasteiger partial charge is 0.497 e. The fraction of sp³-hybridized carbons (Fsp3) is 0.310. The number of hydrogen-bond acceptors (Lipinski definition) is 5. The molecule has 1 aliphatic rings. The number of carbonyl (C=O) groups is 1. The smallest absolute Gasteiger partial charge is 0.227 e. The molecule has 1 atom stereocenters. The average Bonchev–Trinajstić information content (AvgIpc) is 3.43. The van der Waals surface area contributed by atoms with Crippen molar-refractivity contribution in [3.05, 3.63) is 77.6 Å². The summed E-state index contributed by atoms with van der Waals surface area (Å²) >= 11 is 0. The van der Waals surface area contributed by atoms with Crippen molar-refractivity contribution in [3.8, 4) is 17.2 Å². The number of hydrogen-bond donors (Lipinski definition) is 0. The minimum absolute atomic E-state index is 0.0386. The summed E-state index contributed by atoms with van der Waals surface area (Å²) in [4.78, 5) is 19.9. The van der Waals surface area contributed by atoms with Gasteiger partial charge in [0.15, 0.2) is 0 Å². The Labute approximate surface area is 211 Å². The van der Waals surface area contributed by atoms with E-state index in [-0.39, 0.29) is 11.8 Å². The molecule has 1 aromatic heterocycles. The normalized spacial score (nSPS) is 15.5. The van der Waals surface area contributed by atoms with Crippen molar-refractivity contribution in [1.29, 1.82) is 0 Å². The van der Waals surface area contributed by atoms with Gasteiger partial charge in [0.05, 0.1) is 37.5 Å². The molecule has 3 aromatic carbocycles. The van der Waals surface area contributed by atoms with E-state index in [1.807, 2.05) is 36.4 Å². The van der Waals surface area contributed by atoms with Gasteiger partial charge in [-0.15, -0.1) is 0 Å². The van der Waals surface area contributed by atoms with E-state index in [4.69, 9.17) is 19.2 Å². The molecule has 0 aliphatic carbocycles. The Morgan fingerprint density at radius 2 is 1.72 bits per heavy atom. The molecule has 0 radical (unpaired) electrons. The lowest BCUT2D eigenvalue weighted by Crippen LogP contribution is -2.25. The molecule has 7 heteroatoms. The zero-order valence-corrected chi connectivity index (χ0v) is 21.2. The van der Waals surface area contributed by atoms with Crippen LogP contribution in [0.3, 0.4) is 0 Å². The second kappa shape index (κ2) is 9.93. The fourth-order valence-corrected chi connectivity index (χ4v) is 5.03. The van der Waals surface area contributed by atoms with Crippen molar-refractivity contribution >= 4 is 22.6 Å². The number of imidazole rings is 1. The summed E-state index contributed by atoms with van der Waals surface area (Å²) in [5.41, 5.74) is 5.03. The summed E-state index contributed by atoms with van der Waals surface area (Å²) in [7, 11) is 3.22. The van der Waals surface area contributed by atoms with Crippen LogP contribution >= 0.6 is 0 Å². The van der Waals surface area contributed by atoms with Gasteiger partial charge in [0.25, 0.3) is 0 Å². The molecule has 36 heavy (non-hydrogen) atoms. The number of carbonyl (C=O) groups excluding carboxylic acids is 1. The number of ether oxygens (including phenoxy) is 3. The van der Waals surface area contributed by atoms with Gasteiger partial charge in [0, 0.05) is 24.9 Å². The number of methoxy groups -OCH3 is 2. The number of aromatic nitrogens is 2. The molecule has 1 unspecified atom stereocenters. The lowest BCUT2D eigenvalue weighted by molar-refractivity contribution is -0.117. The van der Waals surface area contributed by atoms with Gasteiger partial charge in [-0.25, -0.2) is 4.98 Å². The molecule has 186 valence electrons. The molecule has 5 rings (SSSR count). The lowest BCUT2D eigenvalue weighted by atomic mass is 10.1. The second-order valence-corrected chi connectivity index (χ2v) is 9.23. The van der Waals surface area contributed by atoms with Gasteiger partial charge in [0.1, 0.15) is 29.7 Å². The zero-order valence-electron chi connectivity index (χ0n) is 21.2. The molecule has 1 aliphatic heterocycles. The molecule has 1 saturated heterocycles. The molecular weight excluding hydrogens is 454 g/mol. The molecule has 7 nitrogen and oxygen atoms in total. The van der Waals surface area contributed by atoms with Gasteiger partial charge < -0.3 is 23.7 Å². The monoisotopic (exact) mass is 485 g/mol. The fourth-order valence-electron chi connectivity index (χ4n) is 5.03. The van der Waals surface area contributed by atoms with Crippen molar-refractivity contribution in [1.82, 2.24) is 9.55 Å². The molecule has 0 N–H and O–H groups in total. The third-order valence-corrected chi connectivity index (χ3v) is 6.63. The number of aryl methyl sites for hydroxylation is 2.